The Bertz CT molecular complexity index is 947. The number of amides is 2. The third-order valence-electron chi connectivity index (χ3n) is 10.0. The van der Waals surface area contributed by atoms with E-state index in [0.29, 0.717) is 54.6 Å². The third-order valence-corrected chi connectivity index (χ3v) is 10.9. The van der Waals surface area contributed by atoms with E-state index in [1.54, 1.807) is 4.90 Å². The second-order valence-corrected chi connectivity index (χ2v) is 16.4. The average Bonchev–Trinajstić information content (AvgIpc) is 3.17. The second kappa shape index (κ2) is 40.2. The second-order valence-electron chi connectivity index (χ2n) is 15.1. The first-order valence-corrected chi connectivity index (χ1v) is 23.5. The van der Waals surface area contributed by atoms with Gasteiger partial charge in [0.05, 0.1) is 0 Å². The smallest absolute Gasteiger partial charge is 0.223 e. The van der Waals surface area contributed by atoms with Gasteiger partial charge in [-0.1, -0.05) is 155 Å². The summed E-state index contributed by atoms with van der Waals surface area (Å²) in [6, 6.07) is 0. The SMILES string of the molecule is CCCCCCCCCCCCCCN(CCCCCCCCCCCCCC)C(=O)CCC(=O)NCCNC(=S)NCCNC(=S)NCCN(C)C(N)=S. The van der Waals surface area contributed by atoms with Crippen LogP contribution >= 0.6 is 36.7 Å². The largest absolute Gasteiger partial charge is 0.376 e. The molecule has 0 spiro atoms. The van der Waals surface area contributed by atoms with Crippen molar-refractivity contribution in [3.63, 3.8) is 0 Å². The molecule has 0 heterocycles. The Morgan fingerprint density at radius 3 is 1.15 bits per heavy atom. The van der Waals surface area contributed by atoms with Crippen LogP contribution in [-0.4, -0.2) is 96.4 Å². The van der Waals surface area contributed by atoms with Gasteiger partial charge in [-0.15, -0.1) is 0 Å². The van der Waals surface area contributed by atoms with Gasteiger partial charge in [0.25, 0.3) is 0 Å². The Labute approximate surface area is 354 Å². The van der Waals surface area contributed by atoms with Crippen molar-refractivity contribution in [2.75, 3.05) is 59.4 Å². The van der Waals surface area contributed by atoms with Gasteiger partial charge < -0.3 is 42.1 Å². The normalized spacial score (nSPS) is 10.8. The molecule has 10 nitrogen and oxygen atoms in total. The molecule has 7 N–H and O–H groups in total. The predicted molar refractivity (Wildman–Crippen MR) is 248 cm³/mol. The van der Waals surface area contributed by atoms with Gasteiger partial charge >= 0.3 is 0 Å². The number of nitrogens with two attached hydrogens (primary N) is 1. The van der Waals surface area contributed by atoms with E-state index in [9.17, 15) is 9.59 Å². The van der Waals surface area contributed by atoms with Crippen LogP contribution in [0.25, 0.3) is 0 Å². The minimum atomic E-state index is -0.102. The van der Waals surface area contributed by atoms with Crippen LogP contribution in [0.4, 0.5) is 0 Å². The van der Waals surface area contributed by atoms with Gasteiger partial charge in [0.1, 0.15) is 0 Å². The number of nitrogens with zero attached hydrogens (tertiary/aromatic N) is 2. The Morgan fingerprint density at radius 1 is 0.455 bits per heavy atom. The van der Waals surface area contributed by atoms with E-state index in [2.05, 4.69) is 40.4 Å². The number of hydrogen-bond acceptors (Lipinski definition) is 5. The first kappa shape index (κ1) is 53.0. The quantitative estimate of drug-likeness (QED) is 0.0267. The van der Waals surface area contributed by atoms with E-state index in [1.807, 2.05) is 11.9 Å². The lowest BCUT2D eigenvalue weighted by Crippen LogP contribution is -2.45. The minimum Gasteiger partial charge on any atom is -0.376 e. The molecule has 0 aliphatic rings. The zero-order valence-electron chi connectivity index (χ0n) is 35.6. The van der Waals surface area contributed by atoms with Gasteiger partial charge in [-0.05, 0) is 49.5 Å². The van der Waals surface area contributed by atoms with Gasteiger partial charge in [-0.3, -0.25) is 9.59 Å². The summed E-state index contributed by atoms with van der Waals surface area (Å²) in [7, 11) is 1.83. The molecule has 0 aliphatic carbocycles. The van der Waals surface area contributed by atoms with E-state index < -0.39 is 0 Å². The summed E-state index contributed by atoms with van der Waals surface area (Å²) in [5.74, 6) is 0.00878. The molecule has 0 aromatic rings. The van der Waals surface area contributed by atoms with Crippen molar-refractivity contribution in [1.29, 1.82) is 0 Å². The molecular weight excluding hydrogens is 745 g/mol. The fraction of sp³-hybridized carbons (Fsp3) is 0.881. The molecular formula is C42H84N8O2S3. The summed E-state index contributed by atoms with van der Waals surface area (Å²) in [4.78, 5) is 29.7. The lowest BCUT2D eigenvalue weighted by Gasteiger charge is -2.23. The highest BCUT2D eigenvalue weighted by Crippen LogP contribution is 2.15. The average molecular weight is 829 g/mol. The van der Waals surface area contributed by atoms with Crippen LogP contribution in [-0.2, 0) is 9.59 Å². The highest BCUT2D eigenvalue weighted by atomic mass is 32.1. The molecule has 0 fully saturated rings. The zero-order chi connectivity index (χ0) is 40.6. The predicted octanol–water partition coefficient (Wildman–Crippen LogP) is 8.22. The highest BCUT2D eigenvalue weighted by Gasteiger charge is 2.15. The van der Waals surface area contributed by atoms with Crippen molar-refractivity contribution < 1.29 is 9.59 Å². The summed E-state index contributed by atoms with van der Waals surface area (Å²) in [6.07, 6.45) is 31.9. The van der Waals surface area contributed by atoms with Crippen LogP contribution < -0.4 is 32.3 Å². The summed E-state index contributed by atoms with van der Waals surface area (Å²) in [5.41, 5.74) is 5.57. The van der Waals surface area contributed by atoms with Crippen LogP contribution in [0, 0.1) is 0 Å². The fourth-order valence-electron chi connectivity index (χ4n) is 6.42. The topological polar surface area (TPSA) is 127 Å². The van der Waals surface area contributed by atoms with E-state index >= 15 is 0 Å². The van der Waals surface area contributed by atoms with Crippen molar-refractivity contribution in [3.8, 4) is 0 Å². The van der Waals surface area contributed by atoms with Crippen LogP contribution in [0.1, 0.15) is 181 Å². The first-order chi connectivity index (χ1) is 26.7. The molecule has 55 heavy (non-hydrogen) atoms. The number of hydrogen-bond donors (Lipinski definition) is 6. The summed E-state index contributed by atoms with van der Waals surface area (Å²) in [6.45, 7) is 9.57. The summed E-state index contributed by atoms with van der Waals surface area (Å²) < 4.78 is 0. The Hall–Kier alpha value is -1.99. The van der Waals surface area contributed by atoms with Gasteiger partial charge in [0.2, 0.25) is 11.8 Å². The number of likely N-dealkylation sites (N-methyl/N-ethyl adjacent to an activating group) is 1. The number of carbonyl (C=O) groups excluding carboxylic acids is 2. The van der Waals surface area contributed by atoms with Crippen LogP contribution in [0.5, 0.6) is 0 Å². The maximum absolute atomic E-state index is 13.3. The highest BCUT2D eigenvalue weighted by molar-refractivity contribution is 7.80. The Kier molecular flexibility index (Phi) is 38.8. The molecule has 0 saturated carbocycles. The van der Waals surface area contributed by atoms with Crippen molar-refractivity contribution in [3.05, 3.63) is 0 Å². The molecule has 0 atom stereocenters. The first-order valence-electron chi connectivity index (χ1n) is 22.3. The Balaban J connectivity index is 4.30. The van der Waals surface area contributed by atoms with E-state index in [-0.39, 0.29) is 24.7 Å². The number of nitrogens with one attached hydrogen (secondary N) is 5. The molecule has 13 heteroatoms. The van der Waals surface area contributed by atoms with Crippen LogP contribution in [0.3, 0.4) is 0 Å². The number of carbonyl (C=O) groups is 2. The Morgan fingerprint density at radius 2 is 0.782 bits per heavy atom. The van der Waals surface area contributed by atoms with Crippen molar-refractivity contribution in [1.82, 2.24) is 36.4 Å². The zero-order valence-corrected chi connectivity index (χ0v) is 38.0. The van der Waals surface area contributed by atoms with Crippen molar-refractivity contribution >= 4 is 63.8 Å². The van der Waals surface area contributed by atoms with Gasteiger partial charge in [-0.25, -0.2) is 0 Å². The molecule has 2 amide bonds. The van der Waals surface area contributed by atoms with E-state index in [0.717, 1.165) is 25.9 Å². The monoisotopic (exact) mass is 829 g/mol. The fourth-order valence-corrected chi connectivity index (χ4v) is 6.92. The molecule has 322 valence electrons. The molecule has 0 saturated heterocycles. The maximum Gasteiger partial charge on any atom is 0.223 e. The molecule has 0 aliphatic heterocycles. The minimum absolute atomic E-state index is 0.102. The van der Waals surface area contributed by atoms with Crippen molar-refractivity contribution in [2.45, 2.75) is 181 Å². The maximum atomic E-state index is 13.3. The summed E-state index contributed by atoms with van der Waals surface area (Å²) >= 11 is 15.5. The lowest BCUT2D eigenvalue weighted by molar-refractivity contribution is -0.133. The molecule has 0 unspecified atom stereocenters. The molecule has 0 radical (unpaired) electrons. The van der Waals surface area contributed by atoms with Crippen LogP contribution in [0.2, 0.25) is 0 Å². The van der Waals surface area contributed by atoms with E-state index in [1.165, 1.54) is 141 Å². The number of thiocarbonyl (C=S) groups is 3. The summed E-state index contributed by atoms with van der Waals surface area (Å²) in [5, 5.41) is 16.8. The van der Waals surface area contributed by atoms with Crippen molar-refractivity contribution in [2.24, 2.45) is 5.73 Å². The molecule has 0 aromatic carbocycles. The van der Waals surface area contributed by atoms with E-state index in [4.69, 9.17) is 42.4 Å². The molecule has 0 bridgehead atoms. The standard InChI is InChI=1S/C42H84N8O2S3/c1-4-6-8-10-12-14-16-18-20-22-24-26-35-50(36-27-25-23-21-19-17-15-13-11-9-7-5-2)39(52)29-28-38(51)44-30-31-45-41(54)46-32-33-47-42(55)48-34-37-49(3)40(43)53/h4-37H2,1-3H3,(H2,43,53)(H,44,51)(H2,45,46,54)(H2,47,48,55). The van der Waals surface area contributed by atoms with Gasteiger partial charge in [0, 0.05) is 72.2 Å². The molecule has 0 rings (SSSR count). The molecule has 0 aromatic heterocycles. The number of unbranched alkanes of at least 4 members (excludes halogenated alkanes) is 22. The van der Waals surface area contributed by atoms with Crippen LogP contribution in [0.15, 0.2) is 0 Å². The van der Waals surface area contributed by atoms with Gasteiger partial charge in [0.15, 0.2) is 15.3 Å². The lowest BCUT2D eigenvalue weighted by atomic mass is 10.0. The third kappa shape index (κ3) is 37.4. The van der Waals surface area contributed by atoms with Gasteiger partial charge in [-0.2, -0.15) is 0 Å². The number of rotatable bonds is 38.